The summed E-state index contributed by atoms with van der Waals surface area (Å²) in [6.07, 6.45) is 10.00. The maximum absolute atomic E-state index is 6.48. The summed E-state index contributed by atoms with van der Waals surface area (Å²) in [7, 11) is -1.34. The molecule has 1 fully saturated rings. The molecule has 72 valence electrons. The zero-order chi connectivity index (χ0) is 9.03. The molecule has 0 atom stereocenters. The van der Waals surface area contributed by atoms with Crippen LogP contribution in [0.1, 0.15) is 44.9 Å². The first-order valence-corrected chi connectivity index (χ1v) is 9.38. The summed E-state index contributed by atoms with van der Waals surface area (Å²) < 4.78 is 0. The number of rotatable bonds is 1. The zero-order valence-corrected chi connectivity index (χ0v) is 10.2. The van der Waals surface area contributed by atoms with Crippen LogP contribution in [-0.2, 0) is 0 Å². The minimum Gasteiger partial charge on any atom is -0.167 e. The third kappa shape index (κ3) is 3.49. The van der Waals surface area contributed by atoms with Gasteiger partial charge in [0, 0.05) is 0 Å². The van der Waals surface area contributed by atoms with Gasteiger partial charge in [-0.2, -0.15) is 11.1 Å². The van der Waals surface area contributed by atoms with E-state index in [9.17, 15) is 0 Å². The maximum atomic E-state index is 6.48. The second-order valence-corrected chi connectivity index (χ2v) is 11.5. The largest absolute Gasteiger partial charge is 0.167 e. The van der Waals surface area contributed by atoms with E-state index in [-0.39, 0.29) is 0 Å². The van der Waals surface area contributed by atoms with Crippen molar-refractivity contribution in [3.63, 3.8) is 0 Å². The van der Waals surface area contributed by atoms with Crippen molar-refractivity contribution in [3.8, 4) is 0 Å². The molecule has 0 aromatic carbocycles. The van der Waals surface area contributed by atoms with Crippen molar-refractivity contribution in [2.24, 2.45) is 0 Å². The Bertz CT molecular complexity index is 120. The van der Waals surface area contributed by atoms with Crippen molar-refractivity contribution in [1.82, 2.24) is 0 Å². The fourth-order valence-electron chi connectivity index (χ4n) is 2.14. The van der Waals surface area contributed by atoms with Gasteiger partial charge in [0.25, 0.3) is 0 Å². The zero-order valence-electron chi connectivity index (χ0n) is 8.41. The van der Waals surface area contributed by atoms with Crippen LogP contribution in [0.15, 0.2) is 0 Å². The molecule has 0 aromatic heterocycles. The summed E-state index contributed by atoms with van der Waals surface area (Å²) in [5.41, 5.74) is 0.888. The van der Waals surface area contributed by atoms with Gasteiger partial charge < -0.3 is 0 Å². The van der Waals surface area contributed by atoms with Crippen LogP contribution in [-0.4, -0.2) is 7.38 Å². The van der Waals surface area contributed by atoms with Gasteiger partial charge in [-0.25, -0.2) is 0 Å². The minimum absolute atomic E-state index is 0.888. The number of hydrogen-bond donors (Lipinski definition) is 0. The van der Waals surface area contributed by atoms with Crippen molar-refractivity contribution in [2.45, 2.75) is 63.6 Å². The maximum Gasteiger partial charge on any atom is 0.153 e. The summed E-state index contributed by atoms with van der Waals surface area (Å²) in [6, 6.07) is 0. The monoisotopic (exact) mass is 204 g/mol. The fourth-order valence-corrected chi connectivity index (χ4v) is 4.58. The molecule has 0 amide bonds. The van der Waals surface area contributed by atoms with Crippen molar-refractivity contribution in [3.05, 3.63) is 0 Å². The van der Waals surface area contributed by atoms with Gasteiger partial charge in [0.1, 0.15) is 0 Å². The van der Waals surface area contributed by atoms with Gasteiger partial charge in [-0.15, -0.1) is 0 Å². The van der Waals surface area contributed by atoms with Gasteiger partial charge in [0.05, 0.1) is 0 Å². The third-order valence-corrected chi connectivity index (χ3v) is 6.52. The van der Waals surface area contributed by atoms with Crippen LogP contribution in [0, 0.1) is 0 Å². The average Bonchev–Trinajstić information content (AvgIpc) is 1.81. The lowest BCUT2D eigenvalue weighted by Crippen LogP contribution is -2.25. The molecule has 0 radical (unpaired) electrons. The highest BCUT2D eigenvalue weighted by molar-refractivity contribution is 7.19. The first-order valence-electron chi connectivity index (χ1n) is 5.29. The molecule has 0 heterocycles. The van der Waals surface area contributed by atoms with Crippen molar-refractivity contribution in [2.75, 3.05) is 0 Å². The molecule has 0 aliphatic heterocycles. The van der Waals surface area contributed by atoms with E-state index in [0.29, 0.717) is 0 Å². The van der Waals surface area contributed by atoms with E-state index < -0.39 is 7.38 Å². The Labute approximate surface area is 82.4 Å². The molecule has 0 saturated heterocycles. The predicted octanol–water partition coefficient (Wildman–Crippen LogP) is 4.54. The van der Waals surface area contributed by atoms with E-state index in [2.05, 4.69) is 13.1 Å². The first kappa shape index (κ1) is 10.6. The van der Waals surface area contributed by atoms with Crippen LogP contribution in [0.3, 0.4) is 0 Å². The van der Waals surface area contributed by atoms with E-state index in [0.717, 1.165) is 5.54 Å². The van der Waals surface area contributed by atoms with Crippen LogP contribution in [0.5, 0.6) is 0 Å². The number of hydrogen-bond acceptors (Lipinski definition) is 0. The molecule has 0 N–H and O–H groups in total. The van der Waals surface area contributed by atoms with E-state index >= 15 is 0 Å². The van der Waals surface area contributed by atoms with Crippen LogP contribution in [0.25, 0.3) is 0 Å². The lowest BCUT2D eigenvalue weighted by molar-refractivity contribution is 0.498. The van der Waals surface area contributed by atoms with E-state index in [1.807, 2.05) is 0 Å². The molecule has 2 heteroatoms. The smallest absolute Gasteiger partial charge is 0.153 e. The molecule has 0 bridgehead atoms. The summed E-state index contributed by atoms with van der Waals surface area (Å²) in [4.78, 5) is 0. The highest BCUT2D eigenvalue weighted by atomic mass is 35.6. The second kappa shape index (κ2) is 4.66. The summed E-state index contributed by atoms with van der Waals surface area (Å²) in [5.74, 6) is 0. The Morgan fingerprint density at radius 2 is 1.33 bits per heavy atom. The van der Waals surface area contributed by atoms with Crippen LogP contribution < -0.4 is 0 Å². The average molecular weight is 205 g/mol. The lowest BCUT2D eigenvalue weighted by Gasteiger charge is -2.28. The molecule has 1 saturated carbocycles. The molecule has 0 spiro atoms. The van der Waals surface area contributed by atoms with Gasteiger partial charge in [-0.3, -0.25) is 0 Å². The van der Waals surface area contributed by atoms with E-state index in [1.54, 1.807) is 0 Å². The van der Waals surface area contributed by atoms with Gasteiger partial charge in [-0.05, 0) is 5.54 Å². The number of halogens is 1. The van der Waals surface area contributed by atoms with Crippen molar-refractivity contribution < 1.29 is 0 Å². The highest BCUT2D eigenvalue weighted by Gasteiger charge is 2.29. The standard InChI is InChI=1S/C10H21ClSi/c1-12(2,11)10-8-6-4-3-5-7-9-10/h10H,3-9H2,1-2H3. The second-order valence-electron chi connectivity index (χ2n) is 4.61. The summed E-state index contributed by atoms with van der Waals surface area (Å²) in [6.45, 7) is 4.61. The van der Waals surface area contributed by atoms with E-state index in [4.69, 9.17) is 11.1 Å². The Morgan fingerprint density at radius 3 is 1.75 bits per heavy atom. The minimum atomic E-state index is -1.34. The van der Waals surface area contributed by atoms with Crippen LogP contribution >= 0.6 is 11.1 Å². The van der Waals surface area contributed by atoms with Crippen LogP contribution in [0.4, 0.5) is 0 Å². The lowest BCUT2D eigenvalue weighted by atomic mass is 10.0. The Kier molecular flexibility index (Phi) is 4.11. The van der Waals surface area contributed by atoms with Crippen LogP contribution in [0.2, 0.25) is 18.6 Å². The molecular weight excluding hydrogens is 184 g/mol. The molecule has 0 unspecified atom stereocenters. The molecular formula is C10H21ClSi. The quantitative estimate of drug-likeness (QED) is 0.435. The highest BCUT2D eigenvalue weighted by Crippen LogP contribution is 2.36. The Morgan fingerprint density at radius 1 is 0.917 bits per heavy atom. The predicted molar refractivity (Wildman–Crippen MR) is 59.4 cm³/mol. The SMILES string of the molecule is C[Si](C)(Cl)C1CCCCCCC1. The molecule has 12 heavy (non-hydrogen) atoms. The molecule has 1 aliphatic carbocycles. The van der Waals surface area contributed by atoms with Gasteiger partial charge in [0.2, 0.25) is 0 Å². The van der Waals surface area contributed by atoms with Crippen molar-refractivity contribution >= 4 is 18.5 Å². The van der Waals surface area contributed by atoms with Gasteiger partial charge >= 0.3 is 0 Å². The normalized spacial score (nSPS) is 23.2. The molecule has 1 rings (SSSR count). The fraction of sp³-hybridized carbons (Fsp3) is 1.00. The topological polar surface area (TPSA) is 0 Å². The van der Waals surface area contributed by atoms with Gasteiger partial charge in [-0.1, -0.05) is 58.0 Å². The van der Waals surface area contributed by atoms with Crippen molar-refractivity contribution in [1.29, 1.82) is 0 Å². The molecule has 0 aromatic rings. The Hall–Kier alpha value is 0.507. The summed E-state index contributed by atoms with van der Waals surface area (Å²) >= 11 is 6.48. The van der Waals surface area contributed by atoms with E-state index in [1.165, 1.54) is 44.9 Å². The third-order valence-electron chi connectivity index (χ3n) is 3.08. The molecule has 0 nitrogen and oxygen atoms in total. The van der Waals surface area contributed by atoms with Gasteiger partial charge in [0.15, 0.2) is 7.38 Å². The molecule has 1 aliphatic rings. The first-order chi connectivity index (χ1) is 5.61. The Balaban J connectivity index is 2.40. The summed E-state index contributed by atoms with van der Waals surface area (Å²) in [5, 5.41) is 0.